The van der Waals surface area contributed by atoms with Gasteiger partial charge in [0.2, 0.25) is 5.28 Å². The molecule has 1 aromatic heterocycles. The third-order valence-corrected chi connectivity index (χ3v) is 4.07. The van der Waals surface area contributed by atoms with Gasteiger partial charge in [0.1, 0.15) is 5.82 Å². The first kappa shape index (κ1) is 17.8. The van der Waals surface area contributed by atoms with E-state index in [1.165, 1.54) is 0 Å². The van der Waals surface area contributed by atoms with Gasteiger partial charge in [-0.15, -0.1) is 0 Å². The number of nitrogens with zero attached hydrogens (tertiary/aromatic N) is 3. The minimum atomic E-state index is 0.204. The van der Waals surface area contributed by atoms with Crippen LogP contribution in [0.5, 0.6) is 0 Å². The van der Waals surface area contributed by atoms with Crippen LogP contribution in [0.25, 0.3) is 22.0 Å². The maximum absolute atomic E-state index is 6.13. The number of hydrogen-bond donors (Lipinski definition) is 1. The highest BCUT2D eigenvalue weighted by Crippen LogP contribution is 2.33. The molecule has 0 spiro atoms. The van der Waals surface area contributed by atoms with Gasteiger partial charge in [0.25, 0.3) is 0 Å². The van der Waals surface area contributed by atoms with Crippen LogP contribution in [0.1, 0.15) is 6.92 Å². The summed E-state index contributed by atoms with van der Waals surface area (Å²) in [4.78, 5) is 12.8. The highest BCUT2D eigenvalue weighted by molar-refractivity contribution is 6.29. The number of rotatable bonds is 6. The molecule has 3 rings (SSSR count). The van der Waals surface area contributed by atoms with Gasteiger partial charge >= 0.3 is 0 Å². The molecule has 130 valence electrons. The van der Waals surface area contributed by atoms with Crippen LogP contribution >= 0.6 is 11.6 Å². The summed E-state index contributed by atoms with van der Waals surface area (Å²) in [5.74, 6) is 0.675. The van der Waals surface area contributed by atoms with E-state index in [0.29, 0.717) is 12.4 Å². The van der Waals surface area contributed by atoms with Crippen LogP contribution in [0.3, 0.4) is 0 Å². The van der Waals surface area contributed by atoms with E-state index in [-0.39, 0.29) is 5.28 Å². The van der Waals surface area contributed by atoms with E-state index in [2.05, 4.69) is 45.2 Å². The van der Waals surface area contributed by atoms with Crippen molar-refractivity contribution in [1.82, 2.24) is 9.97 Å². The minimum Gasteiger partial charge on any atom is -0.364 e. The van der Waals surface area contributed by atoms with Gasteiger partial charge in [-0.3, -0.25) is 4.99 Å². The molecule has 0 bridgehead atoms. The fourth-order valence-electron chi connectivity index (χ4n) is 2.69. The van der Waals surface area contributed by atoms with E-state index in [1.54, 1.807) is 0 Å². The molecule has 0 aliphatic carbocycles. The van der Waals surface area contributed by atoms with Gasteiger partial charge in [0, 0.05) is 0 Å². The second-order valence-electron chi connectivity index (χ2n) is 5.60. The number of allylic oxidation sites excluding steroid dienone is 3. The molecule has 0 atom stereocenters. The quantitative estimate of drug-likeness (QED) is 0.356. The molecule has 0 radical (unpaired) electrons. The largest absolute Gasteiger partial charge is 0.364 e. The molecule has 0 aliphatic heterocycles. The third-order valence-electron chi connectivity index (χ3n) is 3.90. The number of hydrogen-bond acceptors (Lipinski definition) is 4. The standard InChI is InChI=1S/C21H19ClN4/c1-3-4-11-16(23-2)14-24-20-19-17(15-9-6-5-7-10-15)12-8-13-18(19)25-21(22)26-20/h3-13H,2,14H2,1H3,(H,24,25,26)/b4-3-,16-11-. The van der Waals surface area contributed by atoms with Crippen LogP contribution in [0.15, 0.2) is 77.4 Å². The first-order chi connectivity index (χ1) is 12.7. The SMILES string of the molecule is C=N/C(=C\C=C/C)CNc1nc(Cl)nc2cccc(-c3ccccc3)c12. The number of fused-ring (bicyclic) bond motifs is 1. The fraction of sp³-hybridized carbons (Fsp3) is 0.0952. The zero-order valence-electron chi connectivity index (χ0n) is 14.5. The number of halogens is 1. The van der Waals surface area contributed by atoms with Gasteiger partial charge in [-0.2, -0.15) is 0 Å². The lowest BCUT2D eigenvalue weighted by Crippen LogP contribution is -2.07. The lowest BCUT2D eigenvalue weighted by Gasteiger charge is -2.13. The molecule has 0 unspecified atom stereocenters. The molecule has 1 heterocycles. The number of anilines is 1. The molecule has 4 nitrogen and oxygen atoms in total. The van der Waals surface area contributed by atoms with Gasteiger partial charge in [0.15, 0.2) is 0 Å². The monoisotopic (exact) mass is 362 g/mol. The number of benzene rings is 2. The van der Waals surface area contributed by atoms with Crippen LogP contribution in [-0.2, 0) is 0 Å². The van der Waals surface area contributed by atoms with Crippen molar-refractivity contribution in [3.05, 3.63) is 77.7 Å². The molecule has 0 aliphatic rings. The number of aromatic nitrogens is 2. The molecule has 26 heavy (non-hydrogen) atoms. The predicted octanol–water partition coefficient (Wildman–Crippen LogP) is 5.52. The van der Waals surface area contributed by atoms with E-state index in [0.717, 1.165) is 27.7 Å². The zero-order chi connectivity index (χ0) is 18.4. The van der Waals surface area contributed by atoms with Crippen LogP contribution in [0.4, 0.5) is 5.82 Å². The Bertz CT molecular complexity index is 978. The zero-order valence-corrected chi connectivity index (χ0v) is 15.2. The van der Waals surface area contributed by atoms with Crippen LogP contribution in [-0.4, -0.2) is 23.2 Å². The average molecular weight is 363 g/mol. The summed E-state index contributed by atoms with van der Waals surface area (Å²) in [7, 11) is 0. The maximum atomic E-state index is 6.13. The van der Waals surface area contributed by atoms with Gasteiger partial charge in [-0.25, -0.2) is 9.97 Å². The molecule has 0 saturated carbocycles. The van der Waals surface area contributed by atoms with Crippen LogP contribution in [0.2, 0.25) is 5.28 Å². The Balaban J connectivity index is 2.08. The van der Waals surface area contributed by atoms with Crippen molar-refractivity contribution >= 4 is 35.0 Å². The van der Waals surface area contributed by atoms with Gasteiger partial charge < -0.3 is 5.32 Å². The van der Waals surface area contributed by atoms with E-state index in [9.17, 15) is 0 Å². The molecule has 0 saturated heterocycles. The van der Waals surface area contributed by atoms with Crippen molar-refractivity contribution in [2.45, 2.75) is 6.92 Å². The topological polar surface area (TPSA) is 50.2 Å². The van der Waals surface area contributed by atoms with Crippen LogP contribution < -0.4 is 5.32 Å². The minimum absolute atomic E-state index is 0.204. The Hall–Kier alpha value is -2.98. The van der Waals surface area contributed by atoms with Crippen molar-refractivity contribution < 1.29 is 0 Å². The van der Waals surface area contributed by atoms with Crippen molar-refractivity contribution in [3.63, 3.8) is 0 Å². The Morgan fingerprint density at radius 3 is 2.69 bits per heavy atom. The first-order valence-corrected chi connectivity index (χ1v) is 8.65. The second-order valence-corrected chi connectivity index (χ2v) is 5.94. The van der Waals surface area contributed by atoms with Gasteiger partial charge in [0.05, 0.1) is 23.1 Å². The molecule has 2 aromatic carbocycles. The summed E-state index contributed by atoms with van der Waals surface area (Å²) in [5.41, 5.74) is 3.74. The van der Waals surface area contributed by atoms with Crippen molar-refractivity contribution in [1.29, 1.82) is 0 Å². The summed E-state index contributed by atoms with van der Waals surface area (Å²) < 4.78 is 0. The fourth-order valence-corrected chi connectivity index (χ4v) is 2.87. The summed E-state index contributed by atoms with van der Waals surface area (Å²) in [6.07, 6.45) is 5.77. The summed E-state index contributed by atoms with van der Waals surface area (Å²) in [6, 6.07) is 16.1. The molecule has 0 amide bonds. The first-order valence-electron chi connectivity index (χ1n) is 8.27. The van der Waals surface area contributed by atoms with E-state index in [4.69, 9.17) is 11.6 Å². The van der Waals surface area contributed by atoms with Crippen molar-refractivity contribution in [2.75, 3.05) is 11.9 Å². The van der Waals surface area contributed by atoms with Gasteiger partial charge in [-0.1, -0.05) is 54.6 Å². The highest BCUT2D eigenvalue weighted by atomic mass is 35.5. The molecule has 0 fully saturated rings. The third kappa shape index (κ3) is 3.98. The molecule has 1 N–H and O–H groups in total. The summed E-state index contributed by atoms with van der Waals surface area (Å²) in [5, 5.41) is 4.46. The normalized spacial score (nSPS) is 11.8. The predicted molar refractivity (Wildman–Crippen MR) is 111 cm³/mol. The second kappa shape index (κ2) is 8.41. The van der Waals surface area contributed by atoms with E-state index >= 15 is 0 Å². The molecular weight excluding hydrogens is 344 g/mol. The molecule has 3 aromatic rings. The van der Waals surface area contributed by atoms with Crippen LogP contribution in [0, 0.1) is 0 Å². The highest BCUT2D eigenvalue weighted by Gasteiger charge is 2.12. The molecular formula is C21H19ClN4. The van der Waals surface area contributed by atoms with E-state index in [1.807, 2.05) is 55.5 Å². The van der Waals surface area contributed by atoms with E-state index < -0.39 is 0 Å². The Morgan fingerprint density at radius 2 is 1.96 bits per heavy atom. The number of nitrogens with one attached hydrogen (secondary N) is 1. The Morgan fingerprint density at radius 1 is 1.15 bits per heavy atom. The van der Waals surface area contributed by atoms with Crippen molar-refractivity contribution in [3.8, 4) is 11.1 Å². The maximum Gasteiger partial charge on any atom is 0.224 e. The lowest BCUT2D eigenvalue weighted by atomic mass is 10.0. The number of aliphatic imine (C=N–C) groups is 1. The Labute approximate surface area is 158 Å². The smallest absolute Gasteiger partial charge is 0.224 e. The molecule has 5 heteroatoms. The average Bonchev–Trinajstić information content (AvgIpc) is 2.68. The summed E-state index contributed by atoms with van der Waals surface area (Å²) in [6.45, 7) is 6.06. The van der Waals surface area contributed by atoms with Gasteiger partial charge in [-0.05, 0) is 48.5 Å². The lowest BCUT2D eigenvalue weighted by molar-refractivity contribution is 1.13. The van der Waals surface area contributed by atoms with Crippen molar-refractivity contribution in [2.24, 2.45) is 4.99 Å². The summed E-state index contributed by atoms with van der Waals surface area (Å²) >= 11 is 6.13. The Kier molecular flexibility index (Phi) is 5.77.